The van der Waals surface area contributed by atoms with E-state index in [1.807, 2.05) is 13.1 Å². The lowest BCUT2D eigenvalue weighted by atomic mass is 9.75. The van der Waals surface area contributed by atoms with Crippen LogP contribution in [0.2, 0.25) is 0 Å². The van der Waals surface area contributed by atoms with Crippen molar-refractivity contribution in [2.24, 2.45) is 5.92 Å². The van der Waals surface area contributed by atoms with Crippen molar-refractivity contribution in [3.8, 4) is 23.6 Å². The summed E-state index contributed by atoms with van der Waals surface area (Å²) in [5.41, 5.74) is 10.4. The Balaban J connectivity index is 0.869. The van der Waals surface area contributed by atoms with E-state index in [9.17, 15) is 20.1 Å². The first-order chi connectivity index (χ1) is 28.4. The van der Waals surface area contributed by atoms with Crippen LogP contribution in [0.3, 0.4) is 0 Å². The second-order valence-corrected chi connectivity index (χ2v) is 16.7. The summed E-state index contributed by atoms with van der Waals surface area (Å²) in [4.78, 5) is 38.6. The number of aromatic nitrogens is 7. The van der Waals surface area contributed by atoms with Crippen LogP contribution >= 0.6 is 0 Å². The number of amides is 2. The van der Waals surface area contributed by atoms with E-state index < -0.39 is 11.5 Å². The van der Waals surface area contributed by atoms with Crippen molar-refractivity contribution in [2.75, 3.05) is 35.6 Å². The number of nitriles is 2. The molecular weight excluding hydrogens is 745 g/mol. The molecule has 304 valence electrons. The van der Waals surface area contributed by atoms with Crippen LogP contribution in [0, 0.1) is 28.6 Å². The normalized spacial score (nSPS) is 24.3. The standard InChI is InChI=1S/C43H50N14O2/c1-26(19-44)49-35-18-38(57-41-32(21-48-57)17-31(20-45)40(46)51-41)47-22-37(35)56-25-36(52-53-56)30-7-5-29(6-8-30)14-16-55-27(2)23-54(24-28(55)3)34-11-9-33(10-12-34)43(4)15-13-39(58)50-42(43)59/h9-12,17-18,21-22,25-30H,5-8,13-16,23-24H2,1-4H3,(H2,46,51)(H,47,49)(H,50,58,59)/t26-,27-,28-,29?,30?,43-/m1/s1. The lowest BCUT2D eigenvalue weighted by molar-refractivity contribution is -0.137. The minimum absolute atomic E-state index is 0.113. The van der Waals surface area contributed by atoms with E-state index in [1.54, 1.807) is 40.8 Å². The van der Waals surface area contributed by atoms with Gasteiger partial charge in [-0.15, -0.1) is 5.10 Å². The first-order valence-corrected chi connectivity index (χ1v) is 20.5. The summed E-state index contributed by atoms with van der Waals surface area (Å²) in [5.74, 6) is 1.15. The van der Waals surface area contributed by atoms with Gasteiger partial charge in [0.1, 0.15) is 23.6 Å². The number of imide groups is 1. The van der Waals surface area contributed by atoms with Gasteiger partial charge in [-0.25, -0.2) is 14.6 Å². The molecule has 5 aromatic rings. The topological polar surface area (TPSA) is 213 Å². The van der Waals surface area contributed by atoms with Gasteiger partial charge in [0.05, 0.1) is 47.0 Å². The van der Waals surface area contributed by atoms with E-state index in [0.29, 0.717) is 65.0 Å². The van der Waals surface area contributed by atoms with E-state index in [0.717, 1.165) is 56.6 Å². The number of benzene rings is 1. The fourth-order valence-corrected chi connectivity index (χ4v) is 9.13. The number of anilines is 3. The second-order valence-electron chi connectivity index (χ2n) is 16.7. The number of carbonyl (C=O) groups is 2. The van der Waals surface area contributed by atoms with Crippen LogP contribution in [-0.4, -0.2) is 89.2 Å². The Bertz CT molecular complexity index is 2440. The molecule has 6 heterocycles. The Morgan fingerprint density at radius 1 is 1.05 bits per heavy atom. The number of fused-ring (bicyclic) bond motifs is 1. The molecule has 4 atom stereocenters. The van der Waals surface area contributed by atoms with Gasteiger partial charge in [-0.3, -0.25) is 19.8 Å². The van der Waals surface area contributed by atoms with Crippen LogP contribution in [0.25, 0.3) is 22.5 Å². The van der Waals surface area contributed by atoms with Crippen molar-refractivity contribution < 1.29 is 9.59 Å². The zero-order valence-corrected chi connectivity index (χ0v) is 34.0. The lowest BCUT2D eigenvalue weighted by Gasteiger charge is -2.46. The van der Waals surface area contributed by atoms with Gasteiger partial charge >= 0.3 is 0 Å². The van der Waals surface area contributed by atoms with Crippen LogP contribution in [0.1, 0.15) is 95.4 Å². The van der Waals surface area contributed by atoms with Gasteiger partial charge in [-0.05, 0) is 102 Å². The van der Waals surface area contributed by atoms with Gasteiger partial charge in [0, 0.05) is 54.7 Å². The molecule has 3 aliphatic rings. The summed E-state index contributed by atoms with van der Waals surface area (Å²) in [6, 6.07) is 16.4. The number of hydrogen-bond donors (Lipinski definition) is 3. The minimum atomic E-state index is -0.686. The lowest BCUT2D eigenvalue weighted by Crippen LogP contribution is -2.57. The van der Waals surface area contributed by atoms with Gasteiger partial charge in [-0.2, -0.15) is 20.3 Å². The Hall–Kier alpha value is -6.39. The zero-order chi connectivity index (χ0) is 41.4. The molecule has 2 aliphatic heterocycles. The predicted molar refractivity (Wildman–Crippen MR) is 223 cm³/mol. The fraction of sp³-hybridized carbons (Fsp3) is 0.465. The molecule has 0 spiro atoms. The van der Waals surface area contributed by atoms with Crippen molar-refractivity contribution >= 4 is 40.0 Å². The number of carbonyl (C=O) groups excluding carboxylic acids is 2. The van der Waals surface area contributed by atoms with E-state index in [-0.39, 0.29) is 23.2 Å². The second kappa shape index (κ2) is 16.1. The Labute approximate surface area is 343 Å². The number of rotatable bonds is 10. The minimum Gasteiger partial charge on any atom is -0.383 e. The van der Waals surface area contributed by atoms with E-state index in [4.69, 9.17) is 5.73 Å². The van der Waals surface area contributed by atoms with Gasteiger partial charge in [0.25, 0.3) is 0 Å². The Morgan fingerprint density at radius 3 is 2.49 bits per heavy atom. The molecule has 4 aromatic heterocycles. The first kappa shape index (κ1) is 39.4. The van der Waals surface area contributed by atoms with Crippen molar-refractivity contribution in [1.82, 2.24) is 45.0 Å². The van der Waals surface area contributed by atoms with Crippen molar-refractivity contribution in [3.63, 3.8) is 0 Å². The van der Waals surface area contributed by atoms with Crippen LogP contribution in [0.4, 0.5) is 17.2 Å². The number of nitrogen functional groups attached to an aromatic ring is 1. The number of hydrogen-bond acceptors (Lipinski definition) is 13. The average molecular weight is 795 g/mol. The molecule has 16 heteroatoms. The van der Waals surface area contributed by atoms with Gasteiger partial charge in [0.2, 0.25) is 11.8 Å². The monoisotopic (exact) mass is 794 g/mol. The molecular formula is C43H50N14O2. The van der Waals surface area contributed by atoms with Gasteiger partial charge in [0.15, 0.2) is 11.5 Å². The molecule has 0 bridgehead atoms. The highest BCUT2D eigenvalue weighted by Crippen LogP contribution is 2.38. The molecule has 3 fully saturated rings. The number of pyridine rings is 2. The molecule has 1 aliphatic carbocycles. The summed E-state index contributed by atoms with van der Waals surface area (Å²) in [7, 11) is 0. The van der Waals surface area contributed by atoms with Gasteiger partial charge < -0.3 is 16.0 Å². The summed E-state index contributed by atoms with van der Waals surface area (Å²) in [6.07, 6.45) is 11.7. The van der Waals surface area contributed by atoms with Crippen LogP contribution < -0.4 is 21.3 Å². The Morgan fingerprint density at radius 2 is 1.80 bits per heavy atom. The predicted octanol–water partition coefficient (Wildman–Crippen LogP) is 5.13. The largest absolute Gasteiger partial charge is 0.383 e. The highest BCUT2D eigenvalue weighted by molar-refractivity contribution is 6.03. The molecule has 2 saturated heterocycles. The molecule has 0 unspecified atom stereocenters. The molecule has 16 nitrogen and oxygen atoms in total. The summed E-state index contributed by atoms with van der Waals surface area (Å²) < 4.78 is 3.27. The maximum atomic E-state index is 12.7. The number of piperazine rings is 1. The number of piperidine rings is 1. The van der Waals surface area contributed by atoms with Crippen molar-refractivity contribution in [1.29, 1.82) is 10.5 Å². The van der Waals surface area contributed by atoms with Gasteiger partial charge in [-0.1, -0.05) is 17.3 Å². The van der Waals surface area contributed by atoms with Crippen molar-refractivity contribution in [2.45, 2.75) is 102 Å². The third kappa shape index (κ3) is 7.80. The number of nitrogens with zero attached hydrogens (tertiary/aromatic N) is 11. The molecule has 1 aromatic carbocycles. The SMILES string of the molecule is C[C@H](C#N)Nc1cc(-n2ncc3cc(C#N)c(N)nc32)ncc1-n1cc(C2CCC(CCN3[C@H](C)CN(c4ccc([C@@]5(C)CCC(=O)NC5=O)cc4)C[C@H]3C)CC2)nn1. The van der Waals surface area contributed by atoms with Crippen LogP contribution in [0.5, 0.6) is 0 Å². The third-order valence-electron chi connectivity index (χ3n) is 12.7. The summed E-state index contributed by atoms with van der Waals surface area (Å²) in [6.45, 7) is 11.3. The smallest absolute Gasteiger partial charge is 0.236 e. The van der Waals surface area contributed by atoms with E-state index in [1.165, 1.54) is 12.1 Å². The molecule has 0 radical (unpaired) electrons. The summed E-state index contributed by atoms with van der Waals surface area (Å²) >= 11 is 0. The summed E-state index contributed by atoms with van der Waals surface area (Å²) in [5, 5.41) is 39.0. The van der Waals surface area contributed by atoms with Crippen LogP contribution in [-0.2, 0) is 15.0 Å². The number of nitrogens with two attached hydrogens (primary N) is 1. The molecule has 8 rings (SSSR count). The highest BCUT2D eigenvalue weighted by atomic mass is 16.2. The highest BCUT2D eigenvalue weighted by Gasteiger charge is 2.40. The molecule has 1 saturated carbocycles. The quantitative estimate of drug-likeness (QED) is 0.157. The molecule has 2 amide bonds. The maximum absolute atomic E-state index is 12.7. The first-order valence-electron chi connectivity index (χ1n) is 20.5. The number of nitrogens with one attached hydrogen (secondary N) is 2. The third-order valence-corrected chi connectivity index (χ3v) is 12.7. The molecule has 59 heavy (non-hydrogen) atoms. The average Bonchev–Trinajstić information content (AvgIpc) is 3.89. The fourth-order valence-electron chi connectivity index (χ4n) is 9.13. The maximum Gasteiger partial charge on any atom is 0.236 e. The molecule has 4 N–H and O–H groups in total. The van der Waals surface area contributed by atoms with E-state index in [2.05, 4.69) is 96.1 Å². The van der Waals surface area contributed by atoms with Crippen molar-refractivity contribution in [3.05, 3.63) is 71.8 Å². The van der Waals surface area contributed by atoms with E-state index >= 15 is 0 Å². The Kier molecular flexibility index (Phi) is 10.8. The van der Waals surface area contributed by atoms with Crippen LogP contribution in [0.15, 0.2) is 55.0 Å². The zero-order valence-electron chi connectivity index (χ0n) is 34.0.